The summed E-state index contributed by atoms with van der Waals surface area (Å²) in [5.41, 5.74) is 0.556. The predicted octanol–water partition coefficient (Wildman–Crippen LogP) is 3.15. The number of carbonyl (C=O) groups is 1. The van der Waals surface area contributed by atoms with E-state index in [0.29, 0.717) is 17.9 Å². The molecule has 5 heteroatoms. The summed E-state index contributed by atoms with van der Waals surface area (Å²) in [5, 5.41) is 2.93. The quantitative estimate of drug-likeness (QED) is 0.894. The molecule has 4 nitrogen and oxygen atoms in total. The lowest BCUT2D eigenvalue weighted by molar-refractivity contribution is 0.0117. The highest BCUT2D eigenvalue weighted by atomic mass is 79.9. The van der Waals surface area contributed by atoms with Gasteiger partial charge < -0.3 is 14.8 Å². The summed E-state index contributed by atoms with van der Waals surface area (Å²) in [6, 6.07) is 5.39. The highest BCUT2D eigenvalue weighted by Crippen LogP contribution is 2.23. The Morgan fingerprint density at radius 3 is 3.05 bits per heavy atom. The van der Waals surface area contributed by atoms with E-state index in [1.54, 1.807) is 19.2 Å². The van der Waals surface area contributed by atoms with Gasteiger partial charge in [0.05, 0.1) is 18.8 Å². The zero-order valence-corrected chi connectivity index (χ0v) is 13.2. The largest absolute Gasteiger partial charge is 0.496 e. The monoisotopic (exact) mass is 341 g/mol. The first-order valence-corrected chi connectivity index (χ1v) is 7.73. The van der Waals surface area contributed by atoms with Crippen LogP contribution in [0.25, 0.3) is 0 Å². The standard InChI is InChI=1S/C15H20BrNO3/c1-19-14-10-11(16)5-6-13(14)15(18)17-8-7-12-4-2-3-9-20-12/h5-6,10,12H,2-4,7-9H2,1H3,(H,17,18). The number of rotatable bonds is 5. The fourth-order valence-corrected chi connectivity index (χ4v) is 2.67. The highest BCUT2D eigenvalue weighted by Gasteiger charge is 2.15. The van der Waals surface area contributed by atoms with E-state index in [4.69, 9.17) is 9.47 Å². The lowest BCUT2D eigenvalue weighted by atomic mass is 10.1. The van der Waals surface area contributed by atoms with Gasteiger partial charge in [-0.1, -0.05) is 15.9 Å². The van der Waals surface area contributed by atoms with E-state index in [2.05, 4.69) is 21.2 Å². The van der Waals surface area contributed by atoms with Gasteiger partial charge in [0.15, 0.2) is 0 Å². The molecule has 1 amide bonds. The Kier molecular flexibility index (Phi) is 5.86. The van der Waals surface area contributed by atoms with E-state index in [9.17, 15) is 4.79 Å². The van der Waals surface area contributed by atoms with Crippen molar-refractivity contribution >= 4 is 21.8 Å². The molecule has 1 aliphatic rings. The van der Waals surface area contributed by atoms with Crippen LogP contribution >= 0.6 is 15.9 Å². The summed E-state index contributed by atoms with van der Waals surface area (Å²) in [6.45, 7) is 1.47. The number of hydrogen-bond acceptors (Lipinski definition) is 3. The van der Waals surface area contributed by atoms with Crippen molar-refractivity contribution in [3.05, 3.63) is 28.2 Å². The number of ether oxygens (including phenoxy) is 2. The van der Waals surface area contributed by atoms with Gasteiger partial charge in [-0.15, -0.1) is 0 Å². The van der Waals surface area contributed by atoms with Gasteiger partial charge in [-0.3, -0.25) is 4.79 Å². The summed E-state index contributed by atoms with van der Waals surface area (Å²) in [6.07, 6.45) is 4.62. The molecule has 1 unspecified atom stereocenters. The van der Waals surface area contributed by atoms with Gasteiger partial charge in [0.25, 0.3) is 5.91 Å². The van der Waals surface area contributed by atoms with Gasteiger partial charge in [0, 0.05) is 17.6 Å². The second kappa shape index (κ2) is 7.64. The highest BCUT2D eigenvalue weighted by molar-refractivity contribution is 9.10. The van der Waals surface area contributed by atoms with Crippen molar-refractivity contribution in [2.75, 3.05) is 20.3 Å². The molecule has 2 rings (SSSR count). The van der Waals surface area contributed by atoms with Crippen molar-refractivity contribution in [3.8, 4) is 5.75 Å². The Morgan fingerprint density at radius 1 is 1.50 bits per heavy atom. The lowest BCUT2D eigenvalue weighted by Gasteiger charge is -2.22. The number of nitrogens with one attached hydrogen (secondary N) is 1. The molecule has 1 aromatic carbocycles. The Morgan fingerprint density at radius 2 is 2.35 bits per heavy atom. The van der Waals surface area contributed by atoms with Gasteiger partial charge in [-0.2, -0.15) is 0 Å². The van der Waals surface area contributed by atoms with Crippen LogP contribution in [0.1, 0.15) is 36.0 Å². The average molecular weight is 342 g/mol. The van der Waals surface area contributed by atoms with Gasteiger partial charge in [0.2, 0.25) is 0 Å². The molecular weight excluding hydrogens is 322 g/mol. The third kappa shape index (κ3) is 4.21. The maximum atomic E-state index is 12.1. The van der Waals surface area contributed by atoms with Crippen molar-refractivity contribution in [2.24, 2.45) is 0 Å². The minimum atomic E-state index is -0.106. The minimum Gasteiger partial charge on any atom is -0.496 e. The van der Waals surface area contributed by atoms with Crippen molar-refractivity contribution in [2.45, 2.75) is 31.8 Å². The molecule has 0 saturated carbocycles. The molecule has 0 aromatic heterocycles. The van der Waals surface area contributed by atoms with E-state index in [1.807, 2.05) is 6.07 Å². The molecule has 1 aromatic rings. The predicted molar refractivity (Wildman–Crippen MR) is 81.2 cm³/mol. The van der Waals surface area contributed by atoms with Crippen molar-refractivity contribution < 1.29 is 14.3 Å². The zero-order chi connectivity index (χ0) is 14.4. The first kappa shape index (κ1) is 15.3. The maximum Gasteiger partial charge on any atom is 0.255 e. The van der Waals surface area contributed by atoms with Crippen LogP contribution in [-0.2, 0) is 4.74 Å². The normalized spacial score (nSPS) is 18.6. The van der Waals surface area contributed by atoms with Crippen LogP contribution in [0.15, 0.2) is 22.7 Å². The van der Waals surface area contributed by atoms with Crippen LogP contribution in [0.2, 0.25) is 0 Å². The zero-order valence-electron chi connectivity index (χ0n) is 11.7. The summed E-state index contributed by atoms with van der Waals surface area (Å²) < 4.78 is 11.8. The maximum absolute atomic E-state index is 12.1. The number of halogens is 1. The summed E-state index contributed by atoms with van der Waals surface area (Å²) >= 11 is 3.36. The molecule has 1 saturated heterocycles. The molecule has 1 N–H and O–H groups in total. The molecular formula is C15H20BrNO3. The molecule has 0 bridgehead atoms. The molecule has 0 radical (unpaired) electrons. The fraction of sp³-hybridized carbons (Fsp3) is 0.533. The van der Waals surface area contributed by atoms with Crippen LogP contribution in [0, 0.1) is 0 Å². The first-order chi connectivity index (χ1) is 9.70. The SMILES string of the molecule is COc1cc(Br)ccc1C(=O)NCCC1CCCCO1. The Labute approximate surface area is 128 Å². The fourth-order valence-electron chi connectivity index (χ4n) is 2.33. The van der Waals surface area contributed by atoms with Crippen LogP contribution in [0.5, 0.6) is 5.75 Å². The molecule has 1 fully saturated rings. The van der Waals surface area contributed by atoms with Crippen LogP contribution < -0.4 is 10.1 Å². The third-order valence-corrected chi connectivity index (χ3v) is 3.93. The van der Waals surface area contributed by atoms with Crippen LogP contribution in [0.4, 0.5) is 0 Å². The van der Waals surface area contributed by atoms with Gasteiger partial charge in [0.1, 0.15) is 5.75 Å². The number of carbonyl (C=O) groups excluding carboxylic acids is 1. The molecule has 1 heterocycles. The van der Waals surface area contributed by atoms with Crippen LogP contribution in [0.3, 0.4) is 0 Å². The summed E-state index contributed by atoms with van der Waals surface area (Å²) in [4.78, 5) is 12.1. The smallest absolute Gasteiger partial charge is 0.255 e. The minimum absolute atomic E-state index is 0.106. The van der Waals surface area contributed by atoms with E-state index >= 15 is 0 Å². The van der Waals surface area contributed by atoms with Crippen LogP contribution in [-0.4, -0.2) is 32.3 Å². The number of amides is 1. The van der Waals surface area contributed by atoms with Gasteiger partial charge in [-0.05, 0) is 43.9 Å². The Bertz CT molecular complexity index is 458. The van der Waals surface area contributed by atoms with E-state index < -0.39 is 0 Å². The molecule has 110 valence electrons. The van der Waals surface area contributed by atoms with Crippen molar-refractivity contribution in [1.82, 2.24) is 5.32 Å². The van der Waals surface area contributed by atoms with E-state index in [-0.39, 0.29) is 12.0 Å². The Balaban J connectivity index is 1.85. The lowest BCUT2D eigenvalue weighted by Crippen LogP contribution is -2.29. The van der Waals surface area contributed by atoms with Crippen molar-refractivity contribution in [1.29, 1.82) is 0 Å². The number of methoxy groups -OCH3 is 1. The molecule has 1 atom stereocenters. The summed E-state index contributed by atoms with van der Waals surface area (Å²) in [5.74, 6) is 0.468. The third-order valence-electron chi connectivity index (χ3n) is 3.43. The average Bonchev–Trinajstić information content (AvgIpc) is 2.48. The molecule has 1 aliphatic heterocycles. The topological polar surface area (TPSA) is 47.6 Å². The number of hydrogen-bond donors (Lipinski definition) is 1. The van der Waals surface area contributed by atoms with E-state index in [0.717, 1.165) is 30.3 Å². The molecule has 0 spiro atoms. The van der Waals surface area contributed by atoms with Gasteiger partial charge in [-0.25, -0.2) is 0 Å². The molecule has 0 aliphatic carbocycles. The second-order valence-corrected chi connectivity index (χ2v) is 5.79. The summed E-state index contributed by atoms with van der Waals surface area (Å²) in [7, 11) is 1.56. The first-order valence-electron chi connectivity index (χ1n) is 6.94. The number of benzene rings is 1. The Hall–Kier alpha value is -1.07. The second-order valence-electron chi connectivity index (χ2n) is 4.88. The molecule has 20 heavy (non-hydrogen) atoms. The van der Waals surface area contributed by atoms with E-state index in [1.165, 1.54) is 6.42 Å². The van der Waals surface area contributed by atoms with Crippen molar-refractivity contribution in [3.63, 3.8) is 0 Å². The van der Waals surface area contributed by atoms with Gasteiger partial charge >= 0.3 is 0 Å².